The Hall–Kier alpha value is -1.14. The molecule has 1 unspecified atom stereocenters. The predicted molar refractivity (Wildman–Crippen MR) is 55.1 cm³/mol. The molecular weight excluding hydrogens is 214 g/mol. The molecule has 2 N–H and O–H groups in total. The van der Waals surface area contributed by atoms with Gasteiger partial charge in [-0.25, -0.2) is 4.79 Å². The smallest absolute Gasteiger partial charge is 0.331 e. The molecule has 92 valence electrons. The summed E-state index contributed by atoms with van der Waals surface area (Å²) in [6.45, 7) is 3.07. The molecule has 1 rings (SSSR count). The molecule has 0 aromatic rings. The maximum absolute atomic E-state index is 11.5. The van der Waals surface area contributed by atoms with Gasteiger partial charge < -0.3 is 19.9 Å². The van der Waals surface area contributed by atoms with Crippen molar-refractivity contribution >= 4 is 11.9 Å². The fraction of sp³-hybridized carbons (Fsp3) is 0.800. The first-order chi connectivity index (χ1) is 7.60. The zero-order valence-electron chi connectivity index (χ0n) is 9.32. The summed E-state index contributed by atoms with van der Waals surface area (Å²) >= 11 is 0. The van der Waals surface area contributed by atoms with Gasteiger partial charge in [0.2, 0.25) is 5.91 Å². The van der Waals surface area contributed by atoms with Gasteiger partial charge in [0, 0.05) is 26.1 Å². The van der Waals surface area contributed by atoms with E-state index in [9.17, 15) is 9.59 Å². The molecule has 0 spiro atoms. The third kappa shape index (κ3) is 3.18. The molecular formula is C10H17NO5. The number of amides is 1. The molecule has 0 aromatic carbocycles. The average Bonchev–Trinajstić information content (AvgIpc) is 2.68. The Bertz CT molecular complexity index is 260. The van der Waals surface area contributed by atoms with Crippen molar-refractivity contribution in [1.29, 1.82) is 0 Å². The zero-order valence-corrected chi connectivity index (χ0v) is 9.32. The minimum Gasteiger partial charge on any atom is -0.479 e. The summed E-state index contributed by atoms with van der Waals surface area (Å²) in [7, 11) is 0. The Morgan fingerprint density at radius 1 is 1.56 bits per heavy atom. The van der Waals surface area contributed by atoms with E-state index in [0.29, 0.717) is 26.2 Å². The van der Waals surface area contributed by atoms with E-state index in [-0.39, 0.29) is 18.9 Å². The lowest BCUT2D eigenvalue weighted by molar-refractivity contribution is -0.147. The van der Waals surface area contributed by atoms with E-state index < -0.39 is 11.5 Å². The van der Waals surface area contributed by atoms with Crippen molar-refractivity contribution in [2.75, 3.05) is 26.4 Å². The van der Waals surface area contributed by atoms with Crippen LogP contribution < -0.4 is 5.32 Å². The molecule has 6 nitrogen and oxygen atoms in total. The lowest BCUT2D eigenvalue weighted by atomic mass is 9.99. The number of aliphatic carboxylic acids is 1. The molecule has 1 fully saturated rings. The molecule has 1 aliphatic rings. The lowest BCUT2D eigenvalue weighted by Crippen LogP contribution is -2.55. The van der Waals surface area contributed by atoms with Gasteiger partial charge in [0.05, 0.1) is 13.2 Å². The van der Waals surface area contributed by atoms with E-state index in [2.05, 4.69) is 5.32 Å². The Kier molecular flexibility index (Phi) is 4.70. The van der Waals surface area contributed by atoms with Crippen molar-refractivity contribution in [2.24, 2.45) is 0 Å². The van der Waals surface area contributed by atoms with Crippen LogP contribution in [-0.2, 0) is 19.1 Å². The number of carbonyl (C=O) groups excluding carboxylic acids is 1. The Morgan fingerprint density at radius 2 is 2.31 bits per heavy atom. The third-order valence-electron chi connectivity index (χ3n) is 2.49. The highest BCUT2D eigenvalue weighted by atomic mass is 16.5. The van der Waals surface area contributed by atoms with Crippen LogP contribution in [0.3, 0.4) is 0 Å². The van der Waals surface area contributed by atoms with Gasteiger partial charge in [-0.15, -0.1) is 0 Å². The van der Waals surface area contributed by atoms with Crippen LogP contribution in [-0.4, -0.2) is 48.9 Å². The van der Waals surface area contributed by atoms with E-state index in [1.807, 2.05) is 6.92 Å². The second-order valence-electron chi connectivity index (χ2n) is 3.68. The van der Waals surface area contributed by atoms with E-state index in [4.69, 9.17) is 14.6 Å². The van der Waals surface area contributed by atoms with Gasteiger partial charge >= 0.3 is 5.97 Å². The minimum atomic E-state index is -1.25. The molecule has 0 aromatic heterocycles. The zero-order chi connectivity index (χ0) is 12.0. The van der Waals surface area contributed by atoms with Crippen molar-refractivity contribution in [2.45, 2.75) is 25.3 Å². The fourth-order valence-electron chi connectivity index (χ4n) is 1.52. The number of carboxylic acids is 1. The first kappa shape index (κ1) is 12.9. The first-order valence-corrected chi connectivity index (χ1v) is 5.30. The summed E-state index contributed by atoms with van der Waals surface area (Å²) in [5.41, 5.74) is -1.25. The van der Waals surface area contributed by atoms with Crippen molar-refractivity contribution < 1.29 is 24.2 Å². The summed E-state index contributed by atoms with van der Waals surface area (Å²) in [5, 5.41) is 11.6. The summed E-state index contributed by atoms with van der Waals surface area (Å²) in [6, 6.07) is 0. The third-order valence-corrected chi connectivity index (χ3v) is 2.49. The van der Waals surface area contributed by atoms with Gasteiger partial charge in [-0.1, -0.05) is 0 Å². The minimum absolute atomic E-state index is 0.0305. The second-order valence-corrected chi connectivity index (χ2v) is 3.68. The average molecular weight is 231 g/mol. The van der Waals surface area contributed by atoms with Crippen LogP contribution in [0.1, 0.15) is 19.8 Å². The molecule has 6 heteroatoms. The molecule has 0 aliphatic carbocycles. The lowest BCUT2D eigenvalue weighted by Gasteiger charge is -2.23. The molecule has 0 radical (unpaired) electrons. The van der Waals surface area contributed by atoms with Gasteiger partial charge in [0.25, 0.3) is 0 Å². The summed E-state index contributed by atoms with van der Waals surface area (Å²) in [6.07, 6.45) is 0.478. The van der Waals surface area contributed by atoms with E-state index in [0.717, 1.165) is 0 Å². The van der Waals surface area contributed by atoms with Crippen LogP contribution >= 0.6 is 0 Å². The fourth-order valence-corrected chi connectivity index (χ4v) is 1.52. The van der Waals surface area contributed by atoms with Gasteiger partial charge in [-0.3, -0.25) is 4.79 Å². The van der Waals surface area contributed by atoms with Crippen LogP contribution in [0.25, 0.3) is 0 Å². The molecule has 1 aliphatic heterocycles. The van der Waals surface area contributed by atoms with Crippen LogP contribution in [0.15, 0.2) is 0 Å². The Morgan fingerprint density at radius 3 is 2.81 bits per heavy atom. The van der Waals surface area contributed by atoms with Crippen LogP contribution in [0.4, 0.5) is 0 Å². The summed E-state index contributed by atoms with van der Waals surface area (Å²) < 4.78 is 10.0. The van der Waals surface area contributed by atoms with Crippen molar-refractivity contribution in [3.8, 4) is 0 Å². The highest BCUT2D eigenvalue weighted by molar-refractivity contribution is 5.87. The van der Waals surface area contributed by atoms with Gasteiger partial charge in [-0.2, -0.15) is 0 Å². The molecule has 1 amide bonds. The Balaban J connectivity index is 2.43. The highest BCUT2D eigenvalue weighted by Gasteiger charge is 2.43. The van der Waals surface area contributed by atoms with Crippen molar-refractivity contribution in [3.63, 3.8) is 0 Å². The predicted octanol–water partition coefficient (Wildman–Crippen LogP) is -0.227. The Labute approximate surface area is 93.9 Å². The monoisotopic (exact) mass is 231 g/mol. The van der Waals surface area contributed by atoms with Crippen LogP contribution in [0.5, 0.6) is 0 Å². The van der Waals surface area contributed by atoms with E-state index in [1.165, 1.54) is 0 Å². The van der Waals surface area contributed by atoms with Crippen molar-refractivity contribution in [3.05, 3.63) is 0 Å². The van der Waals surface area contributed by atoms with Crippen LogP contribution in [0, 0.1) is 0 Å². The second kappa shape index (κ2) is 5.81. The number of nitrogens with one attached hydrogen (secondary N) is 1. The number of hydrogen-bond donors (Lipinski definition) is 2. The molecule has 1 saturated heterocycles. The standard InChI is InChI=1S/C10H17NO5/c1-2-15-5-3-8(12)11-10(9(13)14)4-6-16-7-10/h2-7H2,1H3,(H,11,12)(H,13,14). The molecule has 16 heavy (non-hydrogen) atoms. The molecule has 0 bridgehead atoms. The van der Waals surface area contributed by atoms with E-state index >= 15 is 0 Å². The number of ether oxygens (including phenoxy) is 2. The molecule has 1 atom stereocenters. The topological polar surface area (TPSA) is 84.9 Å². The SMILES string of the molecule is CCOCCC(=O)NC1(C(=O)O)CCOC1. The van der Waals surface area contributed by atoms with Crippen molar-refractivity contribution in [1.82, 2.24) is 5.32 Å². The summed E-state index contributed by atoms with van der Waals surface area (Å²) in [5.74, 6) is -1.36. The first-order valence-electron chi connectivity index (χ1n) is 5.30. The largest absolute Gasteiger partial charge is 0.479 e. The summed E-state index contributed by atoms with van der Waals surface area (Å²) in [4.78, 5) is 22.5. The number of hydrogen-bond acceptors (Lipinski definition) is 4. The normalized spacial score (nSPS) is 24.3. The number of carbonyl (C=O) groups is 2. The maximum Gasteiger partial charge on any atom is 0.331 e. The number of carboxylic acid groups (broad SMARTS) is 1. The van der Waals surface area contributed by atoms with Crippen LogP contribution in [0.2, 0.25) is 0 Å². The maximum atomic E-state index is 11.5. The number of rotatable bonds is 6. The van der Waals surface area contributed by atoms with Gasteiger partial charge in [-0.05, 0) is 6.92 Å². The quantitative estimate of drug-likeness (QED) is 0.617. The highest BCUT2D eigenvalue weighted by Crippen LogP contribution is 2.19. The van der Waals surface area contributed by atoms with E-state index in [1.54, 1.807) is 0 Å². The van der Waals surface area contributed by atoms with Gasteiger partial charge in [0.15, 0.2) is 5.54 Å². The molecule has 1 heterocycles. The molecule has 0 saturated carbocycles. The van der Waals surface area contributed by atoms with Gasteiger partial charge in [0.1, 0.15) is 0 Å².